The van der Waals surface area contributed by atoms with E-state index in [9.17, 15) is 4.79 Å². The van der Waals surface area contributed by atoms with Gasteiger partial charge >= 0.3 is 0 Å². The molecule has 4 nitrogen and oxygen atoms in total. The molecule has 0 radical (unpaired) electrons. The zero-order valence-corrected chi connectivity index (χ0v) is 11.6. The highest BCUT2D eigenvalue weighted by Crippen LogP contribution is 2.27. The van der Waals surface area contributed by atoms with Gasteiger partial charge in [0.25, 0.3) is 0 Å². The van der Waals surface area contributed by atoms with Crippen LogP contribution in [-0.2, 0) is 11.3 Å². The fourth-order valence-electron chi connectivity index (χ4n) is 2.23. The molecule has 2 aromatic carbocycles. The first-order valence-electron chi connectivity index (χ1n) is 6.64. The molecule has 1 aromatic heterocycles. The van der Waals surface area contributed by atoms with Gasteiger partial charge in [-0.25, -0.2) is 0 Å². The summed E-state index contributed by atoms with van der Waals surface area (Å²) in [5, 5.41) is 0.600. The second-order valence-electron chi connectivity index (χ2n) is 4.69. The number of hydrogen-bond donors (Lipinski definition) is 1. The molecule has 0 amide bonds. The number of benzene rings is 2. The van der Waals surface area contributed by atoms with E-state index in [-0.39, 0.29) is 5.43 Å². The molecule has 0 bridgehead atoms. The summed E-state index contributed by atoms with van der Waals surface area (Å²) in [6.45, 7) is 0.352. The maximum atomic E-state index is 12.1. The van der Waals surface area contributed by atoms with Crippen molar-refractivity contribution in [2.45, 2.75) is 6.61 Å². The van der Waals surface area contributed by atoms with Crippen molar-refractivity contribution >= 4 is 10.9 Å². The first-order valence-corrected chi connectivity index (χ1v) is 6.64. The fourth-order valence-corrected chi connectivity index (χ4v) is 2.23. The molecule has 21 heavy (non-hydrogen) atoms. The summed E-state index contributed by atoms with van der Waals surface area (Å²) in [4.78, 5) is 15.4. The van der Waals surface area contributed by atoms with Gasteiger partial charge in [-0.15, -0.1) is 0 Å². The Bertz CT molecular complexity index is 809. The number of aromatic nitrogens is 1. The SMILES string of the molecule is COCc1cc(=O)c2cccc(Oc3ccccc3)c2[nH]1. The molecule has 3 aromatic rings. The molecule has 1 N–H and O–H groups in total. The van der Waals surface area contributed by atoms with Crippen LogP contribution in [0.5, 0.6) is 11.5 Å². The highest BCUT2D eigenvalue weighted by molar-refractivity contribution is 5.84. The lowest BCUT2D eigenvalue weighted by Gasteiger charge is -2.10. The minimum atomic E-state index is -0.0469. The monoisotopic (exact) mass is 281 g/mol. The van der Waals surface area contributed by atoms with Gasteiger partial charge in [-0.2, -0.15) is 0 Å². The molecule has 0 saturated carbocycles. The molecular weight excluding hydrogens is 266 g/mol. The summed E-state index contributed by atoms with van der Waals surface area (Å²) in [6.07, 6.45) is 0. The quantitative estimate of drug-likeness (QED) is 0.796. The van der Waals surface area contributed by atoms with Gasteiger partial charge in [-0.05, 0) is 24.3 Å². The highest BCUT2D eigenvalue weighted by Gasteiger charge is 2.08. The normalized spacial score (nSPS) is 10.7. The summed E-state index contributed by atoms with van der Waals surface area (Å²) < 4.78 is 10.9. The van der Waals surface area contributed by atoms with Gasteiger partial charge in [-0.3, -0.25) is 4.79 Å². The molecule has 4 heteroatoms. The number of pyridine rings is 1. The smallest absolute Gasteiger partial charge is 0.189 e. The Morgan fingerprint density at radius 1 is 1.05 bits per heavy atom. The Hall–Kier alpha value is -2.59. The van der Waals surface area contributed by atoms with Gasteiger partial charge in [0.05, 0.1) is 12.1 Å². The van der Waals surface area contributed by atoms with Crippen molar-refractivity contribution < 1.29 is 9.47 Å². The Labute approximate surface area is 122 Å². The van der Waals surface area contributed by atoms with Crippen molar-refractivity contribution in [2.24, 2.45) is 0 Å². The van der Waals surface area contributed by atoms with Gasteiger partial charge in [0, 0.05) is 24.3 Å². The van der Waals surface area contributed by atoms with Crippen LogP contribution in [0.3, 0.4) is 0 Å². The number of aromatic amines is 1. The fraction of sp³-hybridized carbons (Fsp3) is 0.118. The first-order chi connectivity index (χ1) is 10.3. The van der Waals surface area contributed by atoms with E-state index in [0.717, 1.165) is 11.4 Å². The molecule has 1 heterocycles. The molecule has 0 aliphatic heterocycles. The summed E-state index contributed by atoms with van der Waals surface area (Å²) >= 11 is 0. The van der Waals surface area contributed by atoms with Crippen molar-refractivity contribution in [1.82, 2.24) is 4.98 Å². The molecule has 0 aliphatic carbocycles. The number of hydrogen-bond acceptors (Lipinski definition) is 3. The third-order valence-corrected chi connectivity index (χ3v) is 3.15. The molecule has 0 aliphatic rings. The molecule has 0 saturated heterocycles. The largest absolute Gasteiger partial charge is 0.455 e. The van der Waals surface area contributed by atoms with E-state index in [1.54, 1.807) is 19.2 Å². The zero-order chi connectivity index (χ0) is 14.7. The molecule has 0 atom stereocenters. The molecule has 0 spiro atoms. The van der Waals surface area contributed by atoms with Gasteiger partial charge < -0.3 is 14.5 Å². The van der Waals surface area contributed by atoms with E-state index in [2.05, 4.69) is 4.98 Å². The zero-order valence-electron chi connectivity index (χ0n) is 11.6. The molecular formula is C17H15NO3. The van der Waals surface area contributed by atoms with Crippen LogP contribution in [0.2, 0.25) is 0 Å². The van der Waals surface area contributed by atoms with Crippen molar-refractivity contribution in [3.8, 4) is 11.5 Å². The first kappa shape index (κ1) is 13.4. The predicted octanol–water partition coefficient (Wildman–Crippen LogP) is 3.47. The van der Waals surface area contributed by atoms with Crippen LogP contribution in [-0.4, -0.2) is 12.1 Å². The Morgan fingerprint density at radius 3 is 2.62 bits per heavy atom. The lowest BCUT2D eigenvalue weighted by atomic mass is 10.2. The number of fused-ring (bicyclic) bond motifs is 1. The van der Waals surface area contributed by atoms with E-state index in [1.165, 1.54) is 0 Å². The van der Waals surface area contributed by atoms with Crippen molar-refractivity contribution in [3.63, 3.8) is 0 Å². The van der Waals surface area contributed by atoms with E-state index in [0.29, 0.717) is 23.3 Å². The van der Waals surface area contributed by atoms with Crippen molar-refractivity contribution in [2.75, 3.05) is 7.11 Å². The minimum absolute atomic E-state index is 0.0469. The summed E-state index contributed by atoms with van der Waals surface area (Å²) in [5.41, 5.74) is 1.36. The summed E-state index contributed by atoms with van der Waals surface area (Å²) in [5.74, 6) is 1.34. The summed E-state index contributed by atoms with van der Waals surface area (Å²) in [7, 11) is 1.59. The van der Waals surface area contributed by atoms with Crippen molar-refractivity contribution in [1.29, 1.82) is 0 Å². The van der Waals surface area contributed by atoms with E-state index in [4.69, 9.17) is 9.47 Å². The maximum absolute atomic E-state index is 12.1. The van der Waals surface area contributed by atoms with Crippen LogP contribution in [0, 0.1) is 0 Å². The molecule has 106 valence electrons. The van der Waals surface area contributed by atoms with Crippen LogP contribution in [0.4, 0.5) is 0 Å². The lowest BCUT2D eigenvalue weighted by Crippen LogP contribution is -2.06. The van der Waals surface area contributed by atoms with Gasteiger partial charge in [0.15, 0.2) is 11.2 Å². The second-order valence-corrected chi connectivity index (χ2v) is 4.69. The van der Waals surface area contributed by atoms with E-state index in [1.807, 2.05) is 42.5 Å². The van der Waals surface area contributed by atoms with E-state index >= 15 is 0 Å². The molecule has 0 fully saturated rings. The highest BCUT2D eigenvalue weighted by atomic mass is 16.5. The van der Waals surface area contributed by atoms with E-state index < -0.39 is 0 Å². The topological polar surface area (TPSA) is 51.3 Å². The predicted molar refractivity (Wildman–Crippen MR) is 81.8 cm³/mol. The molecule has 0 unspecified atom stereocenters. The van der Waals surface area contributed by atoms with Gasteiger partial charge in [0.2, 0.25) is 0 Å². The summed E-state index contributed by atoms with van der Waals surface area (Å²) in [6, 6.07) is 16.5. The number of nitrogens with one attached hydrogen (secondary N) is 1. The number of para-hydroxylation sites is 2. The number of methoxy groups -OCH3 is 1. The standard InChI is InChI=1S/C17H15NO3/c1-20-11-12-10-15(19)14-8-5-9-16(17(14)18-12)21-13-6-3-2-4-7-13/h2-10H,11H2,1H3,(H,18,19). The van der Waals surface area contributed by atoms with Crippen LogP contribution in [0.25, 0.3) is 10.9 Å². The number of rotatable bonds is 4. The Balaban J connectivity index is 2.12. The maximum Gasteiger partial charge on any atom is 0.189 e. The third-order valence-electron chi connectivity index (χ3n) is 3.15. The average Bonchev–Trinajstić information content (AvgIpc) is 2.50. The lowest BCUT2D eigenvalue weighted by molar-refractivity contribution is 0.181. The van der Waals surface area contributed by atoms with Crippen molar-refractivity contribution in [3.05, 3.63) is 70.5 Å². The van der Waals surface area contributed by atoms with Gasteiger partial charge in [0.1, 0.15) is 5.75 Å². The van der Waals surface area contributed by atoms with Crippen LogP contribution in [0.1, 0.15) is 5.69 Å². The van der Waals surface area contributed by atoms with Crippen LogP contribution in [0.15, 0.2) is 59.4 Å². The Morgan fingerprint density at radius 2 is 1.86 bits per heavy atom. The number of ether oxygens (including phenoxy) is 2. The Kier molecular flexibility index (Phi) is 3.71. The second kappa shape index (κ2) is 5.81. The van der Waals surface area contributed by atoms with Crippen LogP contribution < -0.4 is 10.2 Å². The van der Waals surface area contributed by atoms with Crippen LogP contribution >= 0.6 is 0 Å². The number of H-pyrrole nitrogens is 1. The average molecular weight is 281 g/mol. The minimum Gasteiger partial charge on any atom is -0.455 e. The third kappa shape index (κ3) is 2.80. The molecule has 3 rings (SSSR count). The van der Waals surface area contributed by atoms with Gasteiger partial charge in [-0.1, -0.05) is 24.3 Å².